The van der Waals surface area contributed by atoms with E-state index in [-0.39, 0.29) is 0 Å². The Balaban J connectivity index is 2.32. The molecule has 30 valence electrons. The quantitative estimate of drug-likeness (QED) is 0.416. The van der Waals surface area contributed by atoms with Crippen LogP contribution < -0.4 is 0 Å². The van der Waals surface area contributed by atoms with E-state index >= 15 is 0 Å². The molecular formula is Cl3Rh. The molecule has 0 nitrogen and oxygen atoms in total. The fourth-order valence-corrected chi connectivity index (χ4v) is 0. The van der Waals surface area contributed by atoms with Gasteiger partial charge >= 0.3 is 42.1 Å². The first-order chi connectivity index (χ1) is 1.73. The van der Waals surface area contributed by atoms with Crippen LogP contribution in [0.25, 0.3) is 0 Å². The van der Waals surface area contributed by atoms with Crippen molar-refractivity contribution in [3.8, 4) is 0 Å². The minimum absolute atomic E-state index is 1.66. The van der Waals surface area contributed by atoms with Gasteiger partial charge in [0.25, 0.3) is 0 Å². The van der Waals surface area contributed by atoms with Gasteiger partial charge in [-0.3, -0.25) is 0 Å². The molecule has 0 fully saturated rings. The van der Waals surface area contributed by atoms with Crippen LogP contribution in [0, 0.1) is 0 Å². The Morgan fingerprint density at radius 3 is 1.00 bits per heavy atom. The normalized spacial score (nSPS) is 11.2. The van der Waals surface area contributed by atoms with Crippen LogP contribution in [0.5, 0.6) is 0 Å². The van der Waals surface area contributed by atoms with Crippen molar-refractivity contribution >= 4 is 29.1 Å². The van der Waals surface area contributed by atoms with Crippen LogP contribution in [0.1, 0.15) is 0 Å². The second kappa shape index (κ2) is 2.72. The van der Waals surface area contributed by atoms with Crippen molar-refractivity contribution in [1.29, 1.82) is 0 Å². The Morgan fingerprint density at radius 1 is 1.00 bits per heavy atom. The van der Waals surface area contributed by atoms with E-state index in [2.05, 4.69) is 0 Å². The zero-order chi connectivity index (χ0) is 3.58. The van der Waals surface area contributed by atoms with Gasteiger partial charge in [0.2, 0.25) is 0 Å². The van der Waals surface area contributed by atoms with Gasteiger partial charge in [-0.2, -0.15) is 0 Å². The number of hydrogen-bond acceptors (Lipinski definition) is 0. The van der Waals surface area contributed by atoms with Gasteiger partial charge in [0.1, 0.15) is 0 Å². The molecule has 0 aliphatic heterocycles. The average molecular weight is 107 g/mol. The molecule has 0 aliphatic carbocycles. The van der Waals surface area contributed by atoms with E-state index in [4.69, 9.17) is 29.1 Å². The van der Waals surface area contributed by atoms with Gasteiger partial charge in [0, 0.05) is 0 Å². The van der Waals surface area contributed by atoms with Crippen molar-refractivity contribution in [2.75, 3.05) is 0 Å². The summed E-state index contributed by atoms with van der Waals surface area (Å²) in [6.07, 6.45) is 0. The summed E-state index contributed by atoms with van der Waals surface area (Å²) in [5.41, 5.74) is 0. The van der Waals surface area contributed by atoms with Crippen LogP contribution in [0.4, 0.5) is 0 Å². The van der Waals surface area contributed by atoms with E-state index in [1.165, 1.54) is 0 Å². The molecule has 0 saturated heterocycles. The van der Waals surface area contributed by atoms with Crippen LogP contribution in [0.2, 0.25) is 0 Å². The molecule has 0 heterocycles. The topological polar surface area (TPSA) is 0 Å². The summed E-state index contributed by atoms with van der Waals surface area (Å²) < 4.78 is 0. The fraction of sp³-hybridized carbons (Fsp3) is 0. The first-order valence-electron chi connectivity index (χ1n) is 0.378. The third-order valence-corrected chi connectivity index (χ3v) is 0. The van der Waals surface area contributed by atoms with E-state index in [9.17, 15) is 0 Å². The van der Waals surface area contributed by atoms with Gasteiger partial charge in [-0.25, -0.2) is 0 Å². The summed E-state index contributed by atoms with van der Waals surface area (Å²) in [6.45, 7) is 0. The second-order valence-electron chi connectivity index (χ2n) is 0.143. The van der Waals surface area contributed by atoms with E-state index in [1.54, 1.807) is 0 Å². The molecule has 0 amide bonds. The van der Waals surface area contributed by atoms with Gasteiger partial charge < -0.3 is 0 Å². The first kappa shape index (κ1) is 5.49. The maximum atomic E-state index is 4.94. The third-order valence-electron chi connectivity index (χ3n) is 0. The molecule has 0 radical (unpaired) electrons. The van der Waals surface area contributed by atoms with Crippen LogP contribution in [0.15, 0.2) is 0 Å². The van der Waals surface area contributed by atoms with Crippen molar-refractivity contribution in [2.45, 2.75) is 0 Å². The number of rotatable bonds is 0. The zero-order valence-corrected chi connectivity index (χ0v) is 5.37. The number of halogens is 3. The molecule has 0 rings (SSSR count). The Hall–Kier alpha value is 1.49. The summed E-state index contributed by atoms with van der Waals surface area (Å²) in [4.78, 5) is 0. The molecule has 0 spiro atoms. The Bertz CT molecular complexity index is 8.00. The van der Waals surface area contributed by atoms with E-state index < -0.39 is 13.0 Å². The number of hydrogen-bond donors (Lipinski definition) is 0. The molecule has 0 unspecified atom stereocenters. The SMILES string of the molecule is [Cl][1Rh]([Cl])[Cl]. The van der Waals surface area contributed by atoms with E-state index in [0.717, 1.165) is 0 Å². The van der Waals surface area contributed by atoms with Crippen LogP contribution in [-0.4, -0.2) is 0 Å². The molecule has 0 N–H and O–H groups in total. The molecule has 0 aliphatic rings. The molecule has 0 aromatic carbocycles. The summed E-state index contributed by atoms with van der Waals surface area (Å²) in [7, 11) is 14.8. The van der Waals surface area contributed by atoms with Crippen molar-refractivity contribution in [1.82, 2.24) is 0 Å². The van der Waals surface area contributed by atoms with Crippen LogP contribution >= 0.6 is 29.1 Å². The van der Waals surface area contributed by atoms with Gasteiger partial charge in [0.05, 0.1) is 0 Å². The Kier molecular flexibility index (Phi) is 3.73. The summed E-state index contributed by atoms with van der Waals surface area (Å²) >= 11 is -1.66. The predicted octanol–water partition coefficient (Wildman–Crippen LogP) is 2.07. The molecule has 4 heteroatoms. The molecule has 0 saturated carbocycles. The Labute approximate surface area is 42.1 Å². The molecule has 4 heavy (non-hydrogen) atoms. The van der Waals surface area contributed by atoms with Gasteiger partial charge in [-0.1, -0.05) is 0 Å². The van der Waals surface area contributed by atoms with Crippen molar-refractivity contribution in [3.05, 3.63) is 0 Å². The van der Waals surface area contributed by atoms with E-state index in [1.807, 2.05) is 0 Å². The molecular weight excluding hydrogens is 107 g/mol. The summed E-state index contributed by atoms with van der Waals surface area (Å²) in [5, 5.41) is 0. The second-order valence-corrected chi connectivity index (χ2v) is 7.61. The van der Waals surface area contributed by atoms with Crippen molar-refractivity contribution in [2.24, 2.45) is 0 Å². The van der Waals surface area contributed by atoms with Gasteiger partial charge in [0.15, 0.2) is 0 Å². The van der Waals surface area contributed by atoms with Crippen molar-refractivity contribution < 1.29 is 13.0 Å². The predicted molar refractivity (Wildman–Crippen MR) is 17.6 cm³/mol. The molecule has 0 atom stereocenters. The third kappa shape index (κ3) is 9.74. The summed E-state index contributed by atoms with van der Waals surface area (Å²) in [5.74, 6) is 0. The monoisotopic (exact) mass is 106 g/mol. The first-order valence-corrected chi connectivity index (χ1v) is 6.71. The Morgan fingerprint density at radius 2 is 1.00 bits per heavy atom. The molecule has 0 bridgehead atoms. The zero-order valence-electron chi connectivity index (χ0n) is 1.47. The standard InChI is InChI=1S/3ClH.Rh/h3*1H;/q;;;+3/p-3/i;;;1+67. The van der Waals surface area contributed by atoms with Crippen molar-refractivity contribution in [3.63, 3.8) is 0 Å². The van der Waals surface area contributed by atoms with Crippen LogP contribution in [-0.2, 0) is 13.0 Å². The van der Waals surface area contributed by atoms with E-state index in [0.29, 0.717) is 0 Å². The maximum absolute atomic E-state index is 4.94. The fourth-order valence-electron chi connectivity index (χ4n) is 0. The van der Waals surface area contributed by atoms with Gasteiger partial charge in [-0.15, -0.1) is 0 Å². The minimum atomic E-state index is -1.66. The average Bonchev–Trinajstić information content (AvgIpc) is 0.811. The molecule has 0 aromatic heterocycles. The summed E-state index contributed by atoms with van der Waals surface area (Å²) in [6, 6.07) is 0. The van der Waals surface area contributed by atoms with Crippen LogP contribution in [0.3, 0.4) is 0 Å². The molecule has 0 aromatic rings. The van der Waals surface area contributed by atoms with Gasteiger partial charge in [-0.05, 0) is 0 Å².